The highest BCUT2D eigenvalue weighted by Gasteiger charge is 2.18. The fourth-order valence-electron chi connectivity index (χ4n) is 3.67. The topological polar surface area (TPSA) is 73.5 Å². The molecule has 1 fully saturated rings. The molecule has 3 amide bonds. The molecule has 3 aromatic rings. The summed E-state index contributed by atoms with van der Waals surface area (Å²) in [4.78, 5) is 27.4. The third-order valence-corrected chi connectivity index (χ3v) is 5.37. The molecule has 0 aliphatic carbocycles. The van der Waals surface area contributed by atoms with Crippen LogP contribution in [0.3, 0.4) is 0 Å². The van der Waals surface area contributed by atoms with Crippen molar-refractivity contribution in [2.24, 2.45) is 0 Å². The van der Waals surface area contributed by atoms with Gasteiger partial charge in [-0.3, -0.25) is 4.79 Å². The monoisotopic (exact) mass is 432 g/mol. The van der Waals surface area contributed by atoms with E-state index in [-0.39, 0.29) is 11.9 Å². The zero-order valence-electron chi connectivity index (χ0n) is 17.8. The predicted molar refractivity (Wildman–Crippen MR) is 126 cm³/mol. The Hall–Kier alpha value is -3.87. The second-order valence-electron chi connectivity index (χ2n) is 7.83. The molecule has 32 heavy (non-hydrogen) atoms. The maximum Gasteiger partial charge on any atom is 0.323 e. The number of carbonyl (C=O) groups is 2. The molecule has 1 saturated heterocycles. The Morgan fingerprint density at radius 2 is 1.47 bits per heavy atom. The van der Waals surface area contributed by atoms with Crippen molar-refractivity contribution >= 4 is 34.7 Å². The summed E-state index contributed by atoms with van der Waals surface area (Å²) in [5.41, 5.74) is 4.19. The molecule has 1 aliphatic rings. The van der Waals surface area contributed by atoms with Crippen molar-refractivity contribution in [2.45, 2.75) is 19.8 Å². The first kappa shape index (κ1) is 21.4. The van der Waals surface area contributed by atoms with Gasteiger partial charge in [0.15, 0.2) is 0 Å². The molecule has 7 heteroatoms. The van der Waals surface area contributed by atoms with Crippen LogP contribution in [-0.4, -0.2) is 25.0 Å². The second-order valence-corrected chi connectivity index (χ2v) is 7.83. The predicted octanol–water partition coefficient (Wildman–Crippen LogP) is 5.63. The van der Waals surface area contributed by atoms with Crippen molar-refractivity contribution in [3.05, 3.63) is 83.7 Å². The first-order valence-corrected chi connectivity index (χ1v) is 10.6. The van der Waals surface area contributed by atoms with Crippen molar-refractivity contribution in [1.29, 1.82) is 0 Å². The Kier molecular flexibility index (Phi) is 6.35. The number of aryl methyl sites for hydroxylation is 1. The SMILES string of the molecule is Cc1ccc(NC(=O)Nc2cc(NC(=O)c3ccc(F)cc3)ccc2N2CCCC2)cc1. The Balaban J connectivity index is 1.53. The van der Waals surface area contributed by atoms with Gasteiger partial charge in [-0.15, -0.1) is 0 Å². The summed E-state index contributed by atoms with van der Waals surface area (Å²) >= 11 is 0. The lowest BCUT2D eigenvalue weighted by atomic mass is 10.2. The number of nitrogens with one attached hydrogen (secondary N) is 3. The van der Waals surface area contributed by atoms with Crippen molar-refractivity contribution < 1.29 is 14.0 Å². The van der Waals surface area contributed by atoms with Crippen molar-refractivity contribution in [3.8, 4) is 0 Å². The van der Waals surface area contributed by atoms with Crippen molar-refractivity contribution in [1.82, 2.24) is 0 Å². The van der Waals surface area contributed by atoms with Gasteiger partial charge in [-0.25, -0.2) is 9.18 Å². The average molecular weight is 432 g/mol. The van der Waals surface area contributed by atoms with Crippen LogP contribution < -0.4 is 20.9 Å². The van der Waals surface area contributed by atoms with E-state index in [1.54, 1.807) is 12.1 Å². The van der Waals surface area contributed by atoms with Gasteiger partial charge in [0, 0.05) is 30.0 Å². The van der Waals surface area contributed by atoms with E-state index in [0.717, 1.165) is 37.2 Å². The van der Waals surface area contributed by atoms with Crippen LogP contribution in [0.1, 0.15) is 28.8 Å². The molecule has 3 aromatic carbocycles. The average Bonchev–Trinajstić information content (AvgIpc) is 3.30. The summed E-state index contributed by atoms with van der Waals surface area (Å²) in [5.74, 6) is -0.753. The van der Waals surface area contributed by atoms with Gasteiger partial charge in [-0.05, 0) is 74.4 Å². The molecule has 0 unspecified atom stereocenters. The Bertz CT molecular complexity index is 1110. The number of carbonyl (C=O) groups excluding carboxylic acids is 2. The number of nitrogens with zero attached hydrogens (tertiary/aromatic N) is 1. The molecule has 164 valence electrons. The molecule has 0 bridgehead atoms. The quantitative estimate of drug-likeness (QED) is 0.489. The van der Waals surface area contributed by atoms with E-state index >= 15 is 0 Å². The Labute approximate surface area is 186 Å². The molecule has 6 nitrogen and oxygen atoms in total. The molecule has 4 rings (SSSR count). The molecule has 0 saturated carbocycles. The highest BCUT2D eigenvalue weighted by atomic mass is 19.1. The number of hydrogen-bond donors (Lipinski definition) is 3. The van der Waals surface area contributed by atoms with Gasteiger partial charge in [-0.2, -0.15) is 0 Å². The van der Waals surface area contributed by atoms with E-state index in [0.29, 0.717) is 22.6 Å². The number of anilines is 4. The molecule has 0 spiro atoms. The Morgan fingerprint density at radius 3 is 2.16 bits per heavy atom. The molecule has 0 aromatic heterocycles. The number of urea groups is 1. The fraction of sp³-hybridized carbons (Fsp3) is 0.200. The molecule has 0 atom stereocenters. The lowest BCUT2D eigenvalue weighted by Gasteiger charge is -2.22. The largest absolute Gasteiger partial charge is 0.370 e. The summed E-state index contributed by atoms with van der Waals surface area (Å²) in [5, 5.41) is 8.57. The summed E-state index contributed by atoms with van der Waals surface area (Å²) in [6.45, 7) is 3.81. The van der Waals surface area contributed by atoms with E-state index in [4.69, 9.17) is 0 Å². The lowest BCUT2D eigenvalue weighted by Crippen LogP contribution is -2.24. The van der Waals surface area contributed by atoms with Crippen LogP contribution in [0.5, 0.6) is 0 Å². The van der Waals surface area contributed by atoms with Gasteiger partial charge in [-0.1, -0.05) is 17.7 Å². The fourth-order valence-corrected chi connectivity index (χ4v) is 3.67. The molecular weight excluding hydrogens is 407 g/mol. The van der Waals surface area contributed by atoms with Gasteiger partial charge in [0.1, 0.15) is 5.82 Å². The smallest absolute Gasteiger partial charge is 0.323 e. The van der Waals surface area contributed by atoms with E-state index in [2.05, 4.69) is 20.9 Å². The van der Waals surface area contributed by atoms with E-state index in [1.807, 2.05) is 37.3 Å². The van der Waals surface area contributed by atoms with Crippen LogP contribution in [0.25, 0.3) is 0 Å². The molecular formula is C25H25FN4O2. The van der Waals surface area contributed by atoms with Gasteiger partial charge >= 0.3 is 6.03 Å². The normalized spacial score (nSPS) is 13.0. The minimum Gasteiger partial charge on any atom is -0.370 e. The summed E-state index contributed by atoms with van der Waals surface area (Å²) < 4.78 is 13.1. The summed E-state index contributed by atoms with van der Waals surface area (Å²) in [6.07, 6.45) is 2.19. The maximum absolute atomic E-state index is 13.1. The number of amides is 3. The second kappa shape index (κ2) is 9.51. The zero-order valence-corrected chi connectivity index (χ0v) is 17.8. The molecule has 1 heterocycles. The van der Waals surface area contributed by atoms with Crippen LogP contribution in [0.4, 0.5) is 31.9 Å². The highest BCUT2D eigenvalue weighted by Crippen LogP contribution is 2.32. The number of benzene rings is 3. The first-order chi connectivity index (χ1) is 15.5. The summed E-state index contributed by atoms with van der Waals surface area (Å²) in [6, 6.07) is 18.0. The van der Waals surface area contributed by atoms with Crippen molar-refractivity contribution in [3.63, 3.8) is 0 Å². The summed E-state index contributed by atoms with van der Waals surface area (Å²) in [7, 11) is 0. The van der Waals surface area contributed by atoms with E-state index in [9.17, 15) is 14.0 Å². The molecule has 1 aliphatic heterocycles. The van der Waals surface area contributed by atoms with Gasteiger partial charge in [0.2, 0.25) is 0 Å². The lowest BCUT2D eigenvalue weighted by molar-refractivity contribution is 0.102. The third kappa shape index (κ3) is 5.24. The number of hydrogen-bond acceptors (Lipinski definition) is 3. The van der Waals surface area contributed by atoms with Gasteiger partial charge in [0.05, 0.1) is 11.4 Å². The minimum absolute atomic E-state index is 0.349. The first-order valence-electron chi connectivity index (χ1n) is 10.6. The van der Waals surface area contributed by atoms with Crippen LogP contribution >= 0.6 is 0 Å². The minimum atomic E-state index is -0.400. The van der Waals surface area contributed by atoms with E-state index < -0.39 is 5.82 Å². The standard InChI is InChI=1S/C25H25FN4O2/c1-17-4-10-20(11-5-17)28-25(32)29-22-16-21(12-13-23(22)30-14-2-3-15-30)27-24(31)18-6-8-19(26)9-7-18/h4-13,16H,2-3,14-15H2,1H3,(H,27,31)(H2,28,29,32). The zero-order chi connectivity index (χ0) is 22.5. The molecule has 3 N–H and O–H groups in total. The third-order valence-electron chi connectivity index (χ3n) is 5.37. The Morgan fingerprint density at radius 1 is 0.812 bits per heavy atom. The number of halogens is 1. The van der Waals surface area contributed by atoms with Crippen LogP contribution in [0, 0.1) is 12.7 Å². The van der Waals surface area contributed by atoms with Gasteiger partial charge < -0.3 is 20.9 Å². The number of rotatable bonds is 5. The van der Waals surface area contributed by atoms with Crippen LogP contribution in [0.2, 0.25) is 0 Å². The van der Waals surface area contributed by atoms with Crippen LogP contribution in [-0.2, 0) is 0 Å². The maximum atomic E-state index is 13.1. The van der Waals surface area contributed by atoms with Gasteiger partial charge in [0.25, 0.3) is 5.91 Å². The molecule has 0 radical (unpaired) electrons. The van der Waals surface area contributed by atoms with E-state index in [1.165, 1.54) is 24.3 Å². The van der Waals surface area contributed by atoms with Crippen LogP contribution in [0.15, 0.2) is 66.7 Å². The highest BCUT2D eigenvalue weighted by molar-refractivity contribution is 6.06. The van der Waals surface area contributed by atoms with Crippen molar-refractivity contribution in [2.75, 3.05) is 33.9 Å².